The molecule has 202 valence electrons. The second kappa shape index (κ2) is 11.8. The van der Waals surface area contributed by atoms with Crippen molar-refractivity contribution in [2.45, 2.75) is 70.1 Å². The van der Waals surface area contributed by atoms with Crippen LogP contribution < -0.4 is 5.32 Å². The predicted molar refractivity (Wildman–Crippen MR) is 135 cm³/mol. The number of carbonyl (C=O) groups is 4. The first-order chi connectivity index (χ1) is 17.3. The molecule has 1 aromatic carbocycles. The van der Waals surface area contributed by atoms with Gasteiger partial charge >= 0.3 is 12.2 Å². The number of nitrogens with one attached hydrogen (secondary N) is 1. The van der Waals surface area contributed by atoms with Crippen LogP contribution in [-0.4, -0.2) is 80.5 Å². The first kappa shape index (κ1) is 28.2. The van der Waals surface area contributed by atoms with Crippen LogP contribution in [0.4, 0.5) is 15.3 Å². The Labute approximate surface area is 219 Å². The van der Waals surface area contributed by atoms with Crippen LogP contribution in [0.2, 0.25) is 0 Å². The summed E-state index contributed by atoms with van der Waals surface area (Å²) in [6.07, 6.45) is -0.398. The van der Waals surface area contributed by atoms with Gasteiger partial charge in [0.2, 0.25) is 5.91 Å². The van der Waals surface area contributed by atoms with Crippen LogP contribution in [0.25, 0.3) is 0 Å². The van der Waals surface area contributed by atoms with E-state index in [2.05, 4.69) is 5.32 Å². The number of nitro groups is 1. The number of alkyl carbamates (subject to hydrolysis) is 1. The van der Waals surface area contributed by atoms with Crippen LogP contribution in [0.1, 0.15) is 46.1 Å². The number of nitrogens with zero attached hydrogens (tertiary/aromatic N) is 3. The Hall–Kier alpha value is -3.35. The second-order valence-corrected chi connectivity index (χ2v) is 11.5. The summed E-state index contributed by atoms with van der Waals surface area (Å²) < 4.78 is 10.7. The van der Waals surface area contributed by atoms with Gasteiger partial charge in [0.25, 0.3) is 5.69 Å². The summed E-state index contributed by atoms with van der Waals surface area (Å²) in [5.41, 5.74) is -0.179. The van der Waals surface area contributed by atoms with E-state index in [4.69, 9.17) is 9.47 Å². The molecule has 2 aliphatic rings. The van der Waals surface area contributed by atoms with Crippen molar-refractivity contribution < 1.29 is 33.6 Å². The van der Waals surface area contributed by atoms with Gasteiger partial charge in [-0.3, -0.25) is 24.6 Å². The molecule has 3 rings (SSSR count). The zero-order valence-corrected chi connectivity index (χ0v) is 22.1. The number of rotatable bonds is 6. The van der Waals surface area contributed by atoms with E-state index in [1.54, 1.807) is 25.7 Å². The predicted octanol–water partition coefficient (Wildman–Crippen LogP) is 3.08. The average molecular weight is 537 g/mol. The van der Waals surface area contributed by atoms with E-state index >= 15 is 0 Å². The number of likely N-dealkylation sites (tertiary alicyclic amines) is 2. The van der Waals surface area contributed by atoms with Crippen molar-refractivity contribution in [3.05, 3.63) is 39.9 Å². The lowest BCUT2D eigenvalue weighted by Crippen LogP contribution is -2.49. The number of carbonyl (C=O) groups excluding carboxylic acids is 4. The molecule has 1 N–H and O–H groups in total. The van der Waals surface area contributed by atoms with Gasteiger partial charge in [0, 0.05) is 43.9 Å². The Morgan fingerprint density at radius 2 is 1.84 bits per heavy atom. The van der Waals surface area contributed by atoms with Gasteiger partial charge in [-0.2, -0.15) is 0 Å². The van der Waals surface area contributed by atoms with Gasteiger partial charge in [0.05, 0.1) is 11.0 Å². The Balaban J connectivity index is 1.54. The first-order valence-corrected chi connectivity index (χ1v) is 12.8. The molecule has 37 heavy (non-hydrogen) atoms. The summed E-state index contributed by atoms with van der Waals surface area (Å²) >= 11 is 1.11. The van der Waals surface area contributed by atoms with Crippen molar-refractivity contribution in [3.8, 4) is 0 Å². The summed E-state index contributed by atoms with van der Waals surface area (Å²) in [6, 6.07) is 4.61. The third-order valence-corrected chi connectivity index (χ3v) is 6.85. The van der Waals surface area contributed by atoms with Crippen molar-refractivity contribution in [2.24, 2.45) is 0 Å². The molecule has 0 aromatic heterocycles. The van der Waals surface area contributed by atoms with Crippen molar-refractivity contribution in [1.29, 1.82) is 0 Å². The van der Waals surface area contributed by atoms with Gasteiger partial charge in [-0.25, -0.2) is 9.59 Å². The molecule has 0 saturated carbocycles. The van der Waals surface area contributed by atoms with Gasteiger partial charge in [0.1, 0.15) is 18.2 Å². The molecular weight excluding hydrogens is 504 g/mol. The molecule has 13 heteroatoms. The maximum absolute atomic E-state index is 13.4. The summed E-state index contributed by atoms with van der Waals surface area (Å²) in [7, 11) is 0. The SMILES string of the molecule is CC(=O)S[C@H]1C[C@@H](C(=O)N2CC[C@H](NC(=O)OCc3ccc([N+](=O)[O-])cc3)C2)N(C(=O)OC(C)(C)C)C1. The molecule has 0 bridgehead atoms. The zero-order valence-electron chi connectivity index (χ0n) is 21.3. The molecule has 0 spiro atoms. The molecule has 12 nitrogen and oxygen atoms in total. The third kappa shape index (κ3) is 8.07. The summed E-state index contributed by atoms with van der Waals surface area (Å²) in [6.45, 7) is 7.53. The van der Waals surface area contributed by atoms with Gasteiger partial charge in [0.15, 0.2) is 5.12 Å². The number of amides is 3. The fourth-order valence-corrected chi connectivity index (χ4v) is 5.22. The maximum Gasteiger partial charge on any atom is 0.411 e. The minimum absolute atomic E-state index is 0.0531. The molecule has 0 aliphatic carbocycles. The Morgan fingerprint density at radius 1 is 1.16 bits per heavy atom. The normalized spacial score (nSPS) is 21.5. The van der Waals surface area contributed by atoms with Crippen molar-refractivity contribution in [3.63, 3.8) is 0 Å². The summed E-state index contributed by atoms with van der Waals surface area (Å²) in [4.78, 5) is 63.3. The molecule has 2 heterocycles. The molecule has 2 saturated heterocycles. The monoisotopic (exact) mass is 536 g/mol. The standard InChI is InChI=1S/C24H32N4O8S/c1-15(29)37-19-11-20(27(13-19)23(32)36-24(2,3)4)21(30)26-10-9-17(12-26)25-22(31)35-14-16-5-7-18(8-6-16)28(33)34/h5-8,17,19-20H,9-14H2,1-4H3,(H,25,31)/t17-,19-,20-/m0/s1. The van der Waals surface area contributed by atoms with Crippen LogP contribution in [-0.2, 0) is 25.7 Å². The summed E-state index contributed by atoms with van der Waals surface area (Å²) in [5, 5.41) is 13.2. The lowest BCUT2D eigenvalue weighted by molar-refractivity contribution is -0.384. The molecule has 0 unspecified atom stereocenters. The highest BCUT2D eigenvalue weighted by Crippen LogP contribution is 2.31. The van der Waals surface area contributed by atoms with Crippen molar-refractivity contribution in [2.75, 3.05) is 19.6 Å². The van der Waals surface area contributed by atoms with E-state index in [0.717, 1.165) is 11.8 Å². The van der Waals surface area contributed by atoms with Crippen LogP contribution in [0.15, 0.2) is 24.3 Å². The maximum atomic E-state index is 13.4. The number of ether oxygens (including phenoxy) is 2. The van der Waals surface area contributed by atoms with E-state index < -0.39 is 28.8 Å². The number of benzene rings is 1. The highest BCUT2D eigenvalue weighted by atomic mass is 32.2. The average Bonchev–Trinajstić information content (AvgIpc) is 3.43. The number of non-ortho nitro benzene ring substituents is 1. The van der Waals surface area contributed by atoms with Crippen molar-refractivity contribution >= 4 is 40.7 Å². The van der Waals surface area contributed by atoms with Gasteiger partial charge in [-0.05, 0) is 51.3 Å². The van der Waals surface area contributed by atoms with E-state index in [0.29, 0.717) is 24.9 Å². The van der Waals surface area contributed by atoms with E-state index in [1.165, 1.54) is 36.1 Å². The molecule has 2 aliphatic heterocycles. The molecule has 2 fully saturated rings. The first-order valence-electron chi connectivity index (χ1n) is 11.9. The number of nitro benzene ring substituents is 1. The highest BCUT2D eigenvalue weighted by Gasteiger charge is 2.44. The van der Waals surface area contributed by atoms with Crippen LogP contribution in [0, 0.1) is 10.1 Å². The Bertz CT molecular complexity index is 1040. The molecule has 3 amide bonds. The minimum atomic E-state index is -0.750. The van der Waals surface area contributed by atoms with Gasteiger partial charge < -0.3 is 19.7 Å². The molecule has 1 aromatic rings. The smallest absolute Gasteiger partial charge is 0.411 e. The largest absolute Gasteiger partial charge is 0.445 e. The lowest BCUT2D eigenvalue weighted by Gasteiger charge is -2.30. The second-order valence-electron chi connectivity index (χ2n) is 10.0. The third-order valence-electron chi connectivity index (χ3n) is 5.85. The highest BCUT2D eigenvalue weighted by molar-refractivity contribution is 8.14. The van der Waals surface area contributed by atoms with Gasteiger partial charge in [-0.1, -0.05) is 11.8 Å². The van der Waals surface area contributed by atoms with Crippen LogP contribution >= 0.6 is 11.8 Å². The Morgan fingerprint density at radius 3 is 2.43 bits per heavy atom. The number of hydrogen-bond acceptors (Lipinski definition) is 9. The fourth-order valence-electron chi connectivity index (χ4n) is 4.23. The molecule has 0 radical (unpaired) electrons. The van der Waals surface area contributed by atoms with Gasteiger partial charge in [-0.15, -0.1) is 0 Å². The summed E-state index contributed by atoms with van der Waals surface area (Å²) in [5.74, 6) is -0.249. The van der Waals surface area contributed by atoms with Crippen LogP contribution in [0.5, 0.6) is 0 Å². The van der Waals surface area contributed by atoms with Crippen LogP contribution in [0.3, 0.4) is 0 Å². The Kier molecular flexibility index (Phi) is 9.00. The number of hydrogen-bond donors (Lipinski definition) is 1. The fraction of sp³-hybridized carbons (Fsp3) is 0.583. The van der Waals surface area contributed by atoms with E-state index in [9.17, 15) is 29.3 Å². The quantitative estimate of drug-likeness (QED) is 0.428. The van der Waals surface area contributed by atoms with Crippen molar-refractivity contribution in [1.82, 2.24) is 15.1 Å². The molecule has 3 atom stereocenters. The minimum Gasteiger partial charge on any atom is -0.445 e. The zero-order chi connectivity index (χ0) is 27.3. The number of thioether (sulfide) groups is 1. The molecular formula is C24H32N4O8S. The topological polar surface area (TPSA) is 148 Å². The lowest BCUT2D eigenvalue weighted by atomic mass is 10.2. The van der Waals surface area contributed by atoms with E-state index in [1.807, 2.05) is 0 Å². The van der Waals surface area contributed by atoms with E-state index in [-0.39, 0.29) is 47.7 Å².